The topological polar surface area (TPSA) is 75.4 Å². The van der Waals surface area contributed by atoms with Crippen molar-refractivity contribution < 1.29 is 9.32 Å². The van der Waals surface area contributed by atoms with Crippen LogP contribution in [0.25, 0.3) is 11.5 Å². The Hall–Kier alpha value is -2.28. The van der Waals surface area contributed by atoms with Crippen molar-refractivity contribution in [2.75, 3.05) is 26.7 Å². The zero-order chi connectivity index (χ0) is 16.2. The van der Waals surface area contributed by atoms with Gasteiger partial charge in [-0.15, -0.1) is 0 Å². The third-order valence-corrected chi connectivity index (χ3v) is 4.07. The first-order valence-electron chi connectivity index (χ1n) is 7.85. The summed E-state index contributed by atoms with van der Waals surface area (Å²) in [5, 5.41) is 3.92. The van der Waals surface area contributed by atoms with Gasteiger partial charge in [0.15, 0.2) is 0 Å². The molecule has 1 aliphatic rings. The van der Waals surface area contributed by atoms with E-state index in [1.165, 1.54) is 0 Å². The van der Waals surface area contributed by atoms with Crippen LogP contribution in [-0.2, 0) is 11.2 Å². The third kappa shape index (κ3) is 3.73. The fourth-order valence-corrected chi connectivity index (χ4v) is 2.82. The van der Waals surface area contributed by atoms with Crippen molar-refractivity contribution in [1.29, 1.82) is 0 Å². The van der Waals surface area contributed by atoms with Crippen LogP contribution >= 0.6 is 0 Å². The summed E-state index contributed by atoms with van der Waals surface area (Å²) in [6.07, 6.45) is 2.53. The maximum atomic E-state index is 12.4. The van der Waals surface area contributed by atoms with E-state index in [2.05, 4.69) is 34.0 Å². The first-order chi connectivity index (χ1) is 11.1. The van der Waals surface area contributed by atoms with Crippen LogP contribution in [0.5, 0.6) is 0 Å². The van der Waals surface area contributed by atoms with Gasteiger partial charge in [-0.05, 0) is 26.1 Å². The zero-order valence-corrected chi connectivity index (χ0v) is 13.5. The van der Waals surface area contributed by atoms with Gasteiger partial charge in [0.25, 0.3) is 0 Å². The molecule has 1 aliphatic heterocycles. The van der Waals surface area contributed by atoms with E-state index in [1.54, 1.807) is 6.20 Å². The molecule has 1 amide bonds. The number of pyridine rings is 1. The maximum absolute atomic E-state index is 12.4. The third-order valence-electron chi connectivity index (χ3n) is 4.07. The van der Waals surface area contributed by atoms with Gasteiger partial charge in [0.2, 0.25) is 17.6 Å². The van der Waals surface area contributed by atoms with Crippen LogP contribution in [-0.4, -0.2) is 63.6 Å². The molecule has 1 fully saturated rings. The molecular weight excluding hydrogens is 294 g/mol. The molecule has 0 saturated carbocycles. The molecule has 1 atom stereocenters. The molecule has 1 saturated heterocycles. The second-order valence-corrected chi connectivity index (χ2v) is 5.93. The monoisotopic (exact) mass is 315 g/mol. The first-order valence-corrected chi connectivity index (χ1v) is 7.85. The first kappa shape index (κ1) is 15.6. The minimum atomic E-state index is 0.142. The highest BCUT2D eigenvalue weighted by atomic mass is 16.5. The minimum absolute atomic E-state index is 0.142. The van der Waals surface area contributed by atoms with Crippen molar-refractivity contribution >= 4 is 5.91 Å². The molecule has 1 unspecified atom stereocenters. The largest absolute Gasteiger partial charge is 0.339 e. The molecule has 0 aromatic carbocycles. The summed E-state index contributed by atoms with van der Waals surface area (Å²) < 4.78 is 5.22. The number of piperazine rings is 1. The van der Waals surface area contributed by atoms with E-state index in [0.29, 0.717) is 30.3 Å². The van der Waals surface area contributed by atoms with E-state index >= 15 is 0 Å². The fourth-order valence-electron chi connectivity index (χ4n) is 2.82. The van der Waals surface area contributed by atoms with E-state index in [9.17, 15) is 4.79 Å². The van der Waals surface area contributed by atoms with Crippen molar-refractivity contribution in [3.8, 4) is 11.5 Å². The lowest BCUT2D eigenvalue weighted by molar-refractivity contribution is -0.135. The van der Waals surface area contributed by atoms with Gasteiger partial charge in [0.1, 0.15) is 5.69 Å². The molecule has 3 rings (SSSR count). The minimum Gasteiger partial charge on any atom is -0.339 e. The number of likely N-dealkylation sites (N-methyl/N-ethyl adjacent to an activating group) is 1. The number of aromatic nitrogens is 3. The Morgan fingerprint density at radius 3 is 3.00 bits per heavy atom. The number of nitrogens with zero attached hydrogens (tertiary/aromatic N) is 5. The van der Waals surface area contributed by atoms with Gasteiger partial charge in [0.05, 0.1) is 0 Å². The molecule has 2 aromatic heterocycles. The highest BCUT2D eigenvalue weighted by Gasteiger charge is 2.25. The molecule has 0 N–H and O–H groups in total. The lowest BCUT2D eigenvalue weighted by Gasteiger charge is -2.38. The molecule has 7 nitrogen and oxygen atoms in total. The van der Waals surface area contributed by atoms with Gasteiger partial charge in [-0.2, -0.15) is 4.98 Å². The van der Waals surface area contributed by atoms with Crippen molar-refractivity contribution in [2.24, 2.45) is 0 Å². The van der Waals surface area contributed by atoms with Gasteiger partial charge in [0, 0.05) is 44.7 Å². The predicted molar refractivity (Wildman–Crippen MR) is 84.5 cm³/mol. The molecule has 7 heteroatoms. The summed E-state index contributed by atoms with van der Waals surface area (Å²) in [6.45, 7) is 4.69. The van der Waals surface area contributed by atoms with Crippen LogP contribution in [0.4, 0.5) is 0 Å². The number of hydrogen-bond acceptors (Lipinski definition) is 6. The smallest absolute Gasteiger partial charge is 0.227 e. The maximum Gasteiger partial charge on any atom is 0.227 e. The fraction of sp³-hybridized carbons (Fsp3) is 0.500. The van der Waals surface area contributed by atoms with Gasteiger partial charge < -0.3 is 14.3 Å². The Balaban J connectivity index is 1.56. The molecule has 2 aromatic rings. The summed E-state index contributed by atoms with van der Waals surface area (Å²) >= 11 is 0. The van der Waals surface area contributed by atoms with Gasteiger partial charge in [-0.1, -0.05) is 11.2 Å². The van der Waals surface area contributed by atoms with E-state index < -0.39 is 0 Å². The quantitative estimate of drug-likeness (QED) is 0.844. The summed E-state index contributed by atoms with van der Waals surface area (Å²) in [6, 6.07) is 5.77. The number of carbonyl (C=O) groups excluding carboxylic acids is 1. The number of carbonyl (C=O) groups is 1. The second-order valence-electron chi connectivity index (χ2n) is 5.93. The molecule has 23 heavy (non-hydrogen) atoms. The Kier molecular flexibility index (Phi) is 4.66. The Bertz CT molecular complexity index is 658. The number of amides is 1. The molecule has 0 bridgehead atoms. The summed E-state index contributed by atoms with van der Waals surface area (Å²) in [5.41, 5.74) is 0.668. The van der Waals surface area contributed by atoms with E-state index in [1.807, 2.05) is 23.1 Å². The second kappa shape index (κ2) is 6.87. The van der Waals surface area contributed by atoms with Crippen LogP contribution in [0, 0.1) is 0 Å². The van der Waals surface area contributed by atoms with Gasteiger partial charge in [-0.25, -0.2) is 0 Å². The van der Waals surface area contributed by atoms with Crippen molar-refractivity contribution in [1.82, 2.24) is 24.9 Å². The lowest BCUT2D eigenvalue weighted by atomic mass is 10.1. The lowest BCUT2D eigenvalue weighted by Crippen LogP contribution is -2.52. The summed E-state index contributed by atoms with van der Waals surface area (Å²) in [7, 11) is 2.08. The average molecular weight is 315 g/mol. The number of hydrogen-bond donors (Lipinski definition) is 0. The van der Waals surface area contributed by atoms with Crippen LogP contribution in [0.2, 0.25) is 0 Å². The van der Waals surface area contributed by atoms with E-state index in [-0.39, 0.29) is 11.9 Å². The highest BCUT2D eigenvalue weighted by Crippen LogP contribution is 2.14. The van der Waals surface area contributed by atoms with Gasteiger partial charge in [-0.3, -0.25) is 9.78 Å². The van der Waals surface area contributed by atoms with Crippen molar-refractivity contribution in [3.05, 3.63) is 30.3 Å². The van der Waals surface area contributed by atoms with E-state index in [0.717, 1.165) is 19.6 Å². The normalized spacial score (nSPS) is 19.0. The molecule has 0 spiro atoms. The van der Waals surface area contributed by atoms with Crippen LogP contribution in [0.3, 0.4) is 0 Å². The molecule has 3 heterocycles. The standard InChI is InChI=1S/C16H21N5O2/c1-12-11-20(2)9-10-21(12)15(22)7-6-14-18-16(19-23-14)13-5-3-4-8-17-13/h3-5,8,12H,6-7,9-11H2,1-2H3. The Labute approximate surface area is 135 Å². The van der Waals surface area contributed by atoms with Gasteiger partial charge >= 0.3 is 0 Å². The molecule has 0 radical (unpaired) electrons. The van der Waals surface area contributed by atoms with Crippen molar-refractivity contribution in [3.63, 3.8) is 0 Å². The summed E-state index contributed by atoms with van der Waals surface area (Å²) in [5.74, 6) is 1.07. The Morgan fingerprint density at radius 2 is 2.26 bits per heavy atom. The van der Waals surface area contributed by atoms with Crippen LogP contribution in [0.15, 0.2) is 28.9 Å². The summed E-state index contributed by atoms with van der Waals surface area (Å²) in [4.78, 5) is 25.0. The number of aryl methyl sites for hydroxylation is 1. The highest BCUT2D eigenvalue weighted by molar-refractivity contribution is 5.76. The van der Waals surface area contributed by atoms with E-state index in [4.69, 9.17) is 4.52 Å². The molecule has 0 aliphatic carbocycles. The zero-order valence-electron chi connectivity index (χ0n) is 13.5. The average Bonchev–Trinajstić information content (AvgIpc) is 3.02. The van der Waals surface area contributed by atoms with Crippen LogP contribution in [0.1, 0.15) is 19.2 Å². The molecular formula is C16H21N5O2. The molecule has 122 valence electrons. The SMILES string of the molecule is CC1CN(C)CCN1C(=O)CCc1nc(-c2ccccn2)no1. The Morgan fingerprint density at radius 1 is 1.39 bits per heavy atom. The number of rotatable bonds is 4. The van der Waals surface area contributed by atoms with Crippen LogP contribution < -0.4 is 0 Å². The predicted octanol–water partition coefficient (Wildman–Crippen LogP) is 1.23. The van der Waals surface area contributed by atoms with Crippen molar-refractivity contribution in [2.45, 2.75) is 25.8 Å².